The van der Waals surface area contributed by atoms with Crippen LogP contribution in [-0.2, 0) is 5.41 Å². The van der Waals surface area contributed by atoms with Crippen molar-refractivity contribution in [2.24, 2.45) is 0 Å². The number of benzene rings is 2. The number of hydrogen-bond acceptors (Lipinski definition) is 2. The molecule has 0 saturated heterocycles. The summed E-state index contributed by atoms with van der Waals surface area (Å²) in [6.45, 7) is 6.35. The van der Waals surface area contributed by atoms with Crippen molar-refractivity contribution in [2.75, 3.05) is 0 Å². The van der Waals surface area contributed by atoms with E-state index in [2.05, 4.69) is 20.8 Å². The molecule has 2 nitrogen and oxygen atoms in total. The first-order chi connectivity index (χ1) is 7.95. The van der Waals surface area contributed by atoms with Crippen LogP contribution in [0.15, 0.2) is 30.3 Å². The Morgan fingerprint density at radius 1 is 1.06 bits per heavy atom. The van der Waals surface area contributed by atoms with Crippen LogP contribution in [0.25, 0.3) is 10.8 Å². The van der Waals surface area contributed by atoms with Gasteiger partial charge in [-0.3, -0.25) is 0 Å². The van der Waals surface area contributed by atoms with Crippen LogP contribution >= 0.6 is 0 Å². The summed E-state index contributed by atoms with van der Waals surface area (Å²) in [5.41, 5.74) is 0.911. The zero-order valence-electron chi connectivity index (χ0n) is 10.5. The Hall–Kier alpha value is -1.70. The topological polar surface area (TPSA) is 40.5 Å². The van der Waals surface area contributed by atoms with Crippen molar-refractivity contribution in [2.45, 2.75) is 32.6 Å². The van der Waals surface area contributed by atoms with Gasteiger partial charge >= 0.3 is 0 Å². The number of phenols is 2. The normalized spacial score (nSPS) is 11.9. The van der Waals surface area contributed by atoms with Crippen molar-refractivity contribution in [3.05, 3.63) is 35.9 Å². The Bertz CT molecular complexity index is 556. The van der Waals surface area contributed by atoms with Crippen molar-refractivity contribution in [1.82, 2.24) is 0 Å². The highest BCUT2D eigenvalue weighted by atomic mass is 16.3. The average Bonchev–Trinajstić information content (AvgIpc) is 2.28. The van der Waals surface area contributed by atoms with Crippen LogP contribution in [0.1, 0.15) is 32.8 Å². The van der Waals surface area contributed by atoms with E-state index in [0.29, 0.717) is 5.75 Å². The SMILES string of the molecule is CCC(C)(C)c1ccc2cc(O)ccc2c1O. The van der Waals surface area contributed by atoms with E-state index in [1.54, 1.807) is 18.2 Å². The van der Waals surface area contributed by atoms with E-state index in [4.69, 9.17) is 0 Å². The van der Waals surface area contributed by atoms with Crippen LogP contribution in [0.5, 0.6) is 11.5 Å². The van der Waals surface area contributed by atoms with E-state index in [-0.39, 0.29) is 11.2 Å². The number of hydrogen-bond donors (Lipinski definition) is 2. The lowest BCUT2D eigenvalue weighted by molar-refractivity contribution is 0.433. The molecule has 0 atom stereocenters. The Morgan fingerprint density at radius 2 is 1.76 bits per heavy atom. The first-order valence-corrected chi connectivity index (χ1v) is 5.91. The molecule has 0 heterocycles. The minimum Gasteiger partial charge on any atom is -0.508 e. The third kappa shape index (κ3) is 1.95. The molecule has 0 spiro atoms. The van der Waals surface area contributed by atoms with Gasteiger partial charge in [-0.05, 0) is 35.4 Å². The molecule has 0 aliphatic heterocycles. The van der Waals surface area contributed by atoms with E-state index in [1.165, 1.54) is 0 Å². The highest BCUT2D eigenvalue weighted by Gasteiger charge is 2.22. The molecule has 0 unspecified atom stereocenters. The van der Waals surface area contributed by atoms with Gasteiger partial charge in [0.15, 0.2) is 0 Å². The second kappa shape index (κ2) is 3.95. The molecule has 17 heavy (non-hydrogen) atoms. The van der Waals surface area contributed by atoms with Crippen LogP contribution in [0.2, 0.25) is 0 Å². The molecule has 90 valence electrons. The maximum atomic E-state index is 10.3. The number of phenolic OH excluding ortho intramolecular Hbond substituents is 2. The second-order valence-corrected chi connectivity index (χ2v) is 5.10. The number of rotatable bonds is 2. The summed E-state index contributed by atoms with van der Waals surface area (Å²) in [7, 11) is 0. The quantitative estimate of drug-likeness (QED) is 0.820. The molecule has 2 N–H and O–H groups in total. The van der Waals surface area contributed by atoms with Crippen LogP contribution in [0.3, 0.4) is 0 Å². The maximum absolute atomic E-state index is 10.3. The van der Waals surface area contributed by atoms with Gasteiger partial charge in [0.2, 0.25) is 0 Å². The molecule has 2 heteroatoms. The third-order valence-corrected chi connectivity index (χ3v) is 3.59. The molecule has 0 aliphatic rings. The van der Waals surface area contributed by atoms with Crippen molar-refractivity contribution < 1.29 is 10.2 Å². The fourth-order valence-corrected chi connectivity index (χ4v) is 2.04. The lowest BCUT2D eigenvalue weighted by Gasteiger charge is -2.25. The van der Waals surface area contributed by atoms with E-state index in [0.717, 1.165) is 22.8 Å². The predicted octanol–water partition coefficient (Wildman–Crippen LogP) is 3.94. The number of fused-ring (bicyclic) bond motifs is 1. The Kier molecular flexibility index (Phi) is 2.74. The van der Waals surface area contributed by atoms with Crippen LogP contribution in [0, 0.1) is 0 Å². The van der Waals surface area contributed by atoms with Gasteiger partial charge in [-0.25, -0.2) is 0 Å². The molecule has 2 aromatic rings. The molecule has 0 radical (unpaired) electrons. The van der Waals surface area contributed by atoms with Gasteiger partial charge in [-0.2, -0.15) is 0 Å². The zero-order valence-corrected chi connectivity index (χ0v) is 10.5. The molecule has 0 amide bonds. The van der Waals surface area contributed by atoms with E-state index >= 15 is 0 Å². The standard InChI is InChI=1S/C15H18O2/c1-4-15(2,3)13-8-5-10-9-11(16)6-7-12(10)14(13)17/h5-9,16-17H,4H2,1-3H3. The highest BCUT2D eigenvalue weighted by molar-refractivity contribution is 5.90. The van der Waals surface area contributed by atoms with Crippen molar-refractivity contribution in [1.29, 1.82) is 0 Å². The Morgan fingerprint density at radius 3 is 2.41 bits per heavy atom. The summed E-state index contributed by atoms with van der Waals surface area (Å²) in [6, 6.07) is 8.92. The maximum Gasteiger partial charge on any atom is 0.127 e. The summed E-state index contributed by atoms with van der Waals surface area (Å²) in [5.74, 6) is 0.550. The molecular formula is C15H18O2. The summed E-state index contributed by atoms with van der Waals surface area (Å²) in [6.07, 6.45) is 0.962. The molecular weight excluding hydrogens is 212 g/mol. The van der Waals surface area contributed by atoms with Crippen molar-refractivity contribution in [3.63, 3.8) is 0 Å². The van der Waals surface area contributed by atoms with Gasteiger partial charge in [-0.15, -0.1) is 0 Å². The van der Waals surface area contributed by atoms with Crippen molar-refractivity contribution >= 4 is 10.8 Å². The molecule has 2 aromatic carbocycles. The second-order valence-electron chi connectivity index (χ2n) is 5.10. The van der Waals surface area contributed by atoms with Crippen LogP contribution < -0.4 is 0 Å². The minimum absolute atomic E-state index is 0.0455. The fourth-order valence-electron chi connectivity index (χ4n) is 2.04. The Balaban J connectivity index is 2.70. The summed E-state index contributed by atoms with van der Waals surface area (Å²) in [4.78, 5) is 0. The average molecular weight is 230 g/mol. The molecule has 0 aromatic heterocycles. The van der Waals surface area contributed by atoms with Crippen LogP contribution in [0.4, 0.5) is 0 Å². The highest BCUT2D eigenvalue weighted by Crippen LogP contribution is 2.38. The van der Waals surface area contributed by atoms with Gasteiger partial charge in [0.05, 0.1) is 0 Å². The third-order valence-electron chi connectivity index (χ3n) is 3.59. The van der Waals surface area contributed by atoms with E-state index in [9.17, 15) is 10.2 Å². The molecule has 0 aliphatic carbocycles. The molecule has 2 rings (SSSR count). The summed E-state index contributed by atoms with van der Waals surface area (Å²) in [5, 5.41) is 21.4. The van der Waals surface area contributed by atoms with Gasteiger partial charge in [-0.1, -0.05) is 32.9 Å². The summed E-state index contributed by atoms with van der Waals surface area (Å²) < 4.78 is 0. The predicted molar refractivity (Wildman–Crippen MR) is 70.6 cm³/mol. The van der Waals surface area contributed by atoms with Gasteiger partial charge in [0.1, 0.15) is 11.5 Å². The number of aromatic hydroxyl groups is 2. The lowest BCUT2D eigenvalue weighted by atomic mass is 9.81. The van der Waals surface area contributed by atoms with Gasteiger partial charge in [0.25, 0.3) is 0 Å². The monoisotopic (exact) mass is 230 g/mol. The van der Waals surface area contributed by atoms with Crippen molar-refractivity contribution in [3.8, 4) is 11.5 Å². The van der Waals surface area contributed by atoms with Gasteiger partial charge in [0, 0.05) is 10.9 Å². The van der Waals surface area contributed by atoms with Gasteiger partial charge < -0.3 is 10.2 Å². The largest absolute Gasteiger partial charge is 0.508 e. The summed E-state index contributed by atoms with van der Waals surface area (Å²) >= 11 is 0. The first kappa shape index (κ1) is 11.8. The minimum atomic E-state index is -0.0455. The van der Waals surface area contributed by atoms with E-state index < -0.39 is 0 Å². The first-order valence-electron chi connectivity index (χ1n) is 5.91. The zero-order chi connectivity index (χ0) is 12.6. The fraction of sp³-hybridized carbons (Fsp3) is 0.333. The molecule has 0 saturated carbocycles. The van der Waals surface area contributed by atoms with E-state index in [1.807, 2.05) is 12.1 Å². The molecule has 0 fully saturated rings. The van der Waals surface area contributed by atoms with Crippen LogP contribution in [-0.4, -0.2) is 10.2 Å². The smallest absolute Gasteiger partial charge is 0.127 e. The Labute approximate surface area is 102 Å². The molecule has 0 bridgehead atoms. The lowest BCUT2D eigenvalue weighted by Crippen LogP contribution is -2.15.